The van der Waals surface area contributed by atoms with Crippen molar-refractivity contribution < 1.29 is 13.9 Å². The van der Waals surface area contributed by atoms with Crippen molar-refractivity contribution in [2.75, 3.05) is 18.9 Å². The highest BCUT2D eigenvalue weighted by atomic mass is 35.5. The highest BCUT2D eigenvalue weighted by molar-refractivity contribution is 7.99. The van der Waals surface area contributed by atoms with Crippen molar-refractivity contribution in [3.63, 3.8) is 0 Å². The number of nitrogens with one attached hydrogen (secondary N) is 1. The zero-order valence-corrected chi connectivity index (χ0v) is 14.7. The Morgan fingerprint density at radius 2 is 2.00 bits per heavy atom. The van der Waals surface area contributed by atoms with Crippen LogP contribution in [0.3, 0.4) is 0 Å². The highest BCUT2D eigenvalue weighted by Crippen LogP contribution is 2.19. The number of hydrogen-bond acceptors (Lipinski definition) is 3. The fourth-order valence-electron chi connectivity index (χ4n) is 1.97. The zero-order valence-electron chi connectivity index (χ0n) is 13.1. The van der Waals surface area contributed by atoms with Crippen LogP contribution in [0.2, 0.25) is 5.02 Å². The number of carbonyl (C=O) groups excluding carboxylic acids is 1. The van der Waals surface area contributed by atoms with Gasteiger partial charge in [0.25, 0.3) is 0 Å². The number of halogens is 2. The lowest BCUT2D eigenvalue weighted by Gasteiger charge is -2.07. The summed E-state index contributed by atoms with van der Waals surface area (Å²) in [5.74, 6) is 0.282. The molecule has 3 nitrogen and oxygen atoms in total. The molecule has 0 saturated carbocycles. The van der Waals surface area contributed by atoms with Gasteiger partial charge in [-0.25, -0.2) is 4.39 Å². The van der Waals surface area contributed by atoms with Crippen molar-refractivity contribution in [1.82, 2.24) is 5.32 Å². The molecule has 2 rings (SSSR count). The molecular formula is C18H19ClFNO2S. The number of amides is 1. The van der Waals surface area contributed by atoms with E-state index in [4.69, 9.17) is 16.3 Å². The molecule has 2 aromatic carbocycles. The second kappa shape index (κ2) is 10.3. The van der Waals surface area contributed by atoms with Crippen LogP contribution in [0.5, 0.6) is 0 Å². The summed E-state index contributed by atoms with van der Waals surface area (Å²) in [6, 6.07) is 14.4. The summed E-state index contributed by atoms with van der Waals surface area (Å²) >= 11 is 7.06. The summed E-state index contributed by atoms with van der Waals surface area (Å²) in [5.41, 5.74) is 1.65. The van der Waals surface area contributed by atoms with Gasteiger partial charge < -0.3 is 10.1 Å². The third-order valence-corrected chi connectivity index (χ3v) is 4.40. The molecule has 0 atom stereocenters. The molecule has 0 aliphatic rings. The lowest BCUT2D eigenvalue weighted by Crippen LogP contribution is -2.28. The van der Waals surface area contributed by atoms with Crippen LogP contribution in [-0.4, -0.2) is 24.8 Å². The third-order valence-electron chi connectivity index (χ3n) is 3.19. The van der Waals surface area contributed by atoms with E-state index in [1.54, 1.807) is 12.1 Å². The minimum Gasteiger partial charge on any atom is -0.375 e. The molecule has 2 aromatic rings. The summed E-state index contributed by atoms with van der Waals surface area (Å²) in [4.78, 5) is 11.7. The Morgan fingerprint density at radius 3 is 2.75 bits per heavy atom. The quantitative estimate of drug-likeness (QED) is 0.679. The van der Waals surface area contributed by atoms with E-state index in [-0.39, 0.29) is 17.5 Å². The SMILES string of the molecule is O=C(CSCc1ccc(Cl)cc1F)NCCOCc1ccccc1. The molecule has 0 fully saturated rings. The van der Waals surface area contributed by atoms with Gasteiger partial charge in [0.1, 0.15) is 5.82 Å². The van der Waals surface area contributed by atoms with E-state index in [0.717, 1.165) is 5.56 Å². The van der Waals surface area contributed by atoms with Crippen molar-refractivity contribution in [1.29, 1.82) is 0 Å². The molecule has 0 aliphatic carbocycles. The third kappa shape index (κ3) is 6.91. The van der Waals surface area contributed by atoms with E-state index in [1.807, 2.05) is 30.3 Å². The smallest absolute Gasteiger partial charge is 0.230 e. The first-order valence-electron chi connectivity index (χ1n) is 7.55. The minimum atomic E-state index is -0.343. The number of carbonyl (C=O) groups is 1. The van der Waals surface area contributed by atoms with Crippen LogP contribution in [0.1, 0.15) is 11.1 Å². The molecule has 0 aromatic heterocycles. The Balaban J connectivity index is 1.55. The molecule has 0 heterocycles. The van der Waals surface area contributed by atoms with Crippen LogP contribution in [-0.2, 0) is 21.9 Å². The maximum atomic E-state index is 13.6. The zero-order chi connectivity index (χ0) is 17.2. The van der Waals surface area contributed by atoms with Crippen LogP contribution in [0.4, 0.5) is 4.39 Å². The predicted molar refractivity (Wildman–Crippen MR) is 96.7 cm³/mol. The minimum absolute atomic E-state index is 0.0855. The van der Waals surface area contributed by atoms with Gasteiger partial charge in [0.15, 0.2) is 0 Å². The van der Waals surface area contributed by atoms with E-state index in [9.17, 15) is 9.18 Å². The summed E-state index contributed by atoms with van der Waals surface area (Å²) < 4.78 is 19.1. The highest BCUT2D eigenvalue weighted by Gasteiger charge is 2.05. The van der Waals surface area contributed by atoms with Gasteiger partial charge in [-0.1, -0.05) is 48.0 Å². The van der Waals surface area contributed by atoms with Gasteiger partial charge in [-0.3, -0.25) is 4.79 Å². The molecule has 0 radical (unpaired) electrons. The molecule has 6 heteroatoms. The first-order chi connectivity index (χ1) is 11.6. The van der Waals surface area contributed by atoms with Crippen molar-refractivity contribution >= 4 is 29.3 Å². The largest absolute Gasteiger partial charge is 0.375 e. The van der Waals surface area contributed by atoms with E-state index < -0.39 is 0 Å². The molecule has 0 unspecified atom stereocenters. The van der Waals surface area contributed by atoms with E-state index >= 15 is 0 Å². The predicted octanol–water partition coefficient (Wildman–Crippen LogP) is 4.05. The molecule has 0 bridgehead atoms. The maximum Gasteiger partial charge on any atom is 0.230 e. The summed E-state index contributed by atoms with van der Waals surface area (Å²) in [7, 11) is 0. The van der Waals surface area contributed by atoms with Crippen molar-refractivity contribution in [2.45, 2.75) is 12.4 Å². The van der Waals surface area contributed by atoms with Gasteiger partial charge in [-0.05, 0) is 23.3 Å². The van der Waals surface area contributed by atoms with Gasteiger partial charge in [0.05, 0.1) is 19.0 Å². The van der Waals surface area contributed by atoms with Gasteiger partial charge in [0, 0.05) is 17.3 Å². The lowest BCUT2D eigenvalue weighted by molar-refractivity contribution is -0.118. The fraction of sp³-hybridized carbons (Fsp3) is 0.278. The maximum absolute atomic E-state index is 13.6. The monoisotopic (exact) mass is 367 g/mol. The van der Waals surface area contributed by atoms with Crippen molar-refractivity contribution in [3.05, 3.63) is 70.5 Å². The molecule has 0 spiro atoms. The Hall–Kier alpha value is -1.56. The number of rotatable bonds is 9. The van der Waals surface area contributed by atoms with E-state index in [0.29, 0.717) is 36.1 Å². The lowest BCUT2D eigenvalue weighted by atomic mass is 10.2. The molecule has 0 saturated heterocycles. The van der Waals surface area contributed by atoms with Crippen LogP contribution in [0, 0.1) is 5.82 Å². The average Bonchev–Trinajstić information content (AvgIpc) is 2.57. The normalized spacial score (nSPS) is 10.6. The Kier molecular flexibility index (Phi) is 8.08. The van der Waals surface area contributed by atoms with E-state index in [1.165, 1.54) is 17.8 Å². The number of hydrogen-bond donors (Lipinski definition) is 1. The van der Waals surface area contributed by atoms with Crippen molar-refractivity contribution in [2.24, 2.45) is 0 Å². The molecule has 0 aliphatic heterocycles. The molecule has 128 valence electrons. The van der Waals surface area contributed by atoms with Crippen molar-refractivity contribution in [3.8, 4) is 0 Å². The number of benzene rings is 2. The first-order valence-corrected chi connectivity index (χ1v) is 9.08. The van der Waals surface area contributed by atoms with E-state index in [2.05, 4.69) is 5.32 Å². The summed E-state index contributed by atoms with van der Waals surface area (Å²) in [5, 5.41) is 3.15. The molecular weight excluding hydrogens is 349 g/mol. The second-order valence-electron chi connectivity index (χ2n) is 5.12. The van der Waals surface area contributed by atoms with Gasteiger partial charge in [0.2, 0.25) is 5.91 Å². The Bertz CT molecular complexity index is 655. The molecule has 1 N–H and O–H groups in total. The standard InChI is InChI=1S/C18H19ClFNO2S/c19-16-7-6-15(17(20)10-16)12-24-13-18(22)21-8-9-23-11-14-4-2-1-3-5-14/h1-7,10H,8-9,11-13H2,(H,21,22). The van der Waals surface area contributed by atoms with Crippen LogP contribution >= 0.6 is 23.4 Å². The van der Waals surface area contributed by atoms with Crippen LogP contribution in [0.15, 0.2) is 48.5 Å². The molecule has 24 heavy (non-hydrogen) atoms. The van der Waals surface area contributed by atoms with Crippen LogP contribution < -0.4 is 5.32 Å². The topological polar surface area (TPSA) is 38.3 Å². The average molecular weight is 368 g/mol. The Labute approximate surface area is 150 Å². The number of ether oxygens (including phenoxy) is 1. The Morgan fingerprint density at radius 1 is 1.21 bits per heavy atom. The van der Waals surface area contributed by atoms with Gasteiger partial charge in [-0.2, -0.15) is 0 Å². The summed E-state index contributed by atoms with van der Waals surface area (Å²) in [6.07, 6.45) is 0. The molecule has 1 amide bonds. The van der Waals surface area contributed by atoms with Gasteiger partial charge >= 0.3 is 0 Å². The van der Waals surface area contributed by atoms with Gasteiger partial charge in [-0.15, -0.1) is 11.8 Å². The van der Waals surface area contributed by atoms with Crippen LogP contribution in [0.25, 0.3) is 0 Å². The summed E-state index contributed by atoms with van der Waals surface area (Å²) in [6.45, 7) is 1.44. The number of thioether (sulfide) groups is 1. The fourth-order valence-corrected chi connectivity index (χ4v) is 2.97. The second-order valence-corrected chi connectivity index (χ2v) is 6.54. The first kappa shape index (κ1) is 18.8.